The summed E-state index contributed by atoms with van der Waals surface area (Å²) in [7, 11) is -3.33. The minimum Gasteiger partial charge on any atom is -0.219 e. The smallest absolute Gasteiger partial charge is 0.199 e. The largest absolute Gasteiger partial charge is 0.219 e. The van der Waals surface area contributed by atoms with E-state index < -0.39 is 9.84 Å². The normalized spacial score (nSPS) is 11.1. The molecule has 0 saturated carbocycles. The van der Waals surface area contributed by atoms with Crippen molar-refractivity contribution in [2.75, 3.05) is 0 Å². The Morgan fingerprint density at radius 2 is 1.35 bits per heavy atom. The van der Waals surface area contributed by atoms with Gasteiger partial charge in [0.05, 0.1) is 4.90 Å². The Balaban J connectivity index is 2.41. The van der Waals surface area contributed by atoms with E-state index in [1.807, 2.05) is 30.3 Å². The minimum absolute atomic E-state index is 0.271. The Hall–Kier alpha value is -1.87. The van der Waals surface area contributed by atoms with Crippen LogP contribution >= 0.6 is 0 Å². The zero-order valence-electron chi connectivity index (χ0n) is 9.21. The third-order valence-corrected chi connectivity index (χ3v) is 3.88. The highest BCUT2D eigenvalue weighted by molar-refractivity contribution is 7.94. The molecule has 0 unspecified atom stereocenters. The standard InChI is InChI=1S/C14H12O2S/c1-2-17(15,16)14-10-8-13(9-11-14)12-6-4-3-5-7-12/h2-11H,1H2. The summed E-state index contributed by atoms with van der Waals surface area (Å²) < 4.78 is 23.1. The van der Waals surface area contributed by atoms with E-state index in [0.717, 1.165) is 16.5 Å². The molecule has 0 saturated heterocycles. The highest BCUT2D eigenvalue weighted by atomic mass is 32.2. The molecule has 0 spiro atoms. The molecular weight excluding hydrogens is 232 g/mol. The Morgan fingerprint density at radius 1 is 0.824 bits per heavy atom. The Kier molecular flexibility index (Phi) is 3.11. The van der Waals surface area contributed by atoms with Gasteiger partial charge in [0.25, 0.3) is 0 Å². The summed E-state index contributed by atoms with van der Waals surface area (Å²) in [5, 5.41) is 0.963. The minimum atomic E-state index is -3.33. The molecular formula is C14H12O2S. The van der Waals surface area contributed by atoms with Crippen LogP contribution in [-0.2, 0) is 9.84 Å². The molecule has 0 aliphatic carbocycles. The Morgan fingerprint density at radius 3 is 1.88 bits per heavy atom. The van der Waals surface area contributed by atoms with Crippen molar-refractivity contribution in [1.29, 1.82) is 0 Å². The van der Waals surface area contributed by atoms with E-state index in [2.05, 4.69) is 6.58 Å². The van der Waals surface area contributed by atoms with Crippen LogP contribution in [0.5, 0.6) is 0 Å². The van der Waals surface area contributed by atoms with Gasteiger partial charge in [-0.1, -0.05) is 49.0 Å². The van der Waals surface area contributed by atoms with Crippen molar-refractivity contribution in [2.45, 2.75) is 4.90 Å². The lowest BCUT2D eigenvalue weighted by Gasteiger charge is -2.03. The zero-order chi connectivity index (χ0) is 12.3. The van der Waals surface area contributed by atoms with Crippen molar-refractivity contribution in [3.63, 3.8) is 0 Å². The fourth-order valence-electron chi connectivity index (χ4n) is 1.56. The molecule has 2 aromatic rings. The number of sulfone groups is 1. The van der Waals surface area contributed by atoms with E-state index in [9.17, 15) is 8.42 Å². The number of hydrogen-bond acceptors (Lipinski definition) is 2. The van der Waals surface area contributed by atoms with E-state index >= 15 is 0 Å². The predicted octanol–water partition coefficient (Wildman–Crippen LogP) is 3.27. The predicted molar refractivity (Wildman–Crippen MR) is 69.3 cm³/mol. The van der Waals surface area contributed by atoms with E-state index in [0.29, 0.717) is 0 Å². The molecule has 0 atom stereocenters. The third kappa shape index (κ3) is 2.45. The van der Waals surface area contributed by atoms with Gasteiger partial charge in [-0.3, -0.25) is 0 Å². The molecule has 0 fully saturated rings. The first-order valence-electron chi connectivity index (χ1n) is 5.16. The second kappa shape index (κ2) is 4.55. The summed E-state index contributed by atoms with van der Waals surface area (Å²) in [6.45, 7) is 3.30. The highest BCUT2D eigenvalue weighted by Crippen LogP contribution is 2.21. The lowest BCUT2D eigenvalue weighted by atomic mass is 10.1. The second-order valence-electron chi connectivity index (χ2n) is 3.60. The molecule has 86 valence electrons. The van der Waals surface area contributed by atoms with Crippen LogP contribution < -0.4 is 0 Å². The molecule has 17 heavy (non-hydrogen) atoms. The lowest BCUT2D eigenvalue weighted by Crippen LogP contribution is -1.94. The molecule has 2 nitrogen and oxygen atoms in total. The Labute approximate surface area is 101 Å². The molecule has 0 amide bonds. The first kappa shape index (κ1) is 11.6. The Bertz CT molecular complexity index is 611. The van der Waals surface area contributed by atoms with Crippen molar-refractivity contribution in [3.8, 4) is 11.1 Å². The molecule has 0 aliphatic heterocycles. The van der Waals surface area contributed by atoms with Crippen molar-refractivity contribution in [1.82, 2.24) is 0 Å². The van der Waals surface area contributed by atoms with Crippen molar-refractivity contribution in [3.05, 3.63) is 66.6 Å². The van der Waals surface area contributed by atoms with Gasteiger partial charge >= 0.3 is 0 Å². The summed E-state index contributed by atoms with van der Waals surface area (Å²) in [5.74, 6) is 0. The van der Waals surface area contributed by atoms with Crippen molar-refractivity contribution in [2.24, 2.45) is 0 Å². The number of rotatable bonds is 3. The molecule has 0 aliphatic rings. The van der Waals surface area contributed by atoms with Crippen molar-refractivity contribution < 1.29 is 8.42 Å². The first-order chi connectivity index (χ1) is 8.13. The molecule has 0 radical (unpaired) electrons. The summed E-state index contributed by atoms with van der Waals surface area (Å²) in [5.41, 5.74) is 2.06. The molecule has 2 aromatic carbocycles. The quantitative estimate of drug-likeness (QED) is 0.830. The van der Waals surface area contributed by atoms with E-state index in [1.54, 1.807) is 24.3 Å². The van der Waals surface area contributed by atoms with Crippen LogP contribution in [-0.4, -0.2) is 8.42 Å². The average molecular weight is 244 g/mol. The van der Waals surface area contributed by atoms with Crippen LogP contribution in [0.4, 0.5) is 0 Å². The summed E-state index contributed by atoms with van der Waals surface area (Å²) >= 11 is 0. The van der Waals surface area contributed by atoms with E-state index in [4.69, 9.17) is 0 Å². The summed E-state index contributed by atoms with van der Waals surface area (Å²) in [4.78, 5) is 0.271. The van der Waals surface area contributed by atoms with Gasteiger partial charge in [0.15, 0.2) is 9.84 Å². The van der Waals surface area contributed by atoms with Crippen LogP contribution in [0.3, 0.4) is 0 Å². The summed E-state index contributed by atoms with van der Waals surface area (Å²) in [6.07, 6.45) is 0. The maximum absolute atomic E-state index is 11.5. The second-order valence-corrected chi connectivity index (χ2v) is 5.50. The number of benzene rings is 2. The fourth-order valence-corrected chi connectivity index (χ4v) is 2.27. The van der Waals surface area contributed by atoms with Crippen LogP contribution in [0.15, 0.2) is 71.5 Å². The monoisotopic (exact) mass is 244 g/mol. The van der Waals surface area contributed by atoms with Crippen LogP contribution in [0, 0.1) is 0 Å². The highest BCUT2D eigenvalue weighted by Gasteiger charge is 2.08. The van der Waals surface area contributed by atoms with Crippen LogP contribution in [0.1, 0.15) is 0 Å². The first-order valence-corrected chi connectivity index (χ1v) is 6.71. The van der Waals surface area contributed by atoms with Gasteiger partial charge in [0, 0.05) is 5.41 Å². The summed E-state index contributed by atoms with van der Waals surface area (Å²) in [6, 6.07) is 16.6. The SMILES string of the molecule is C=CS(=O)(=O)c1ccc(-c2ccccc2)cc1. The molecule has 0 aromatic heterocycles. The van der Waals surface area contributed by atoms with E-state index in [1.165, 1.54) is 0 Å². The van der Waals surface area contributed by atoms with Gasteiger partial charge in [0.2, 0.25) is 0 Å². The van der Waals surface area contributed by atoms with E-state index in [-0.39, 0.29) is 4.90 Å². The molecule has 2 rings (SSSR count). The maximum Gasteiger partial charge on any atom is 0.199 e. The van der Waals surface area contributed by atoms with Gasteiger partial charge in [-0.2, -0.15) is 0 Å². The van der Waals surface area contributed by atoms with Gasteiger partial charge in [-0.25, -0.2) is 8.42 Å². The molecule has 0 N–H and O–H groups in total. The maximum atomic E-state index is 11.5. The van der Waals surface area contributed by atoms with Gasteiger partial charge in [-0.15, -0.1) is 0 Å². The van der Waals surface area contributed by atoms with Crippen LogP contribution in [0.25, 0.3) is 11.1 Å². The molecule has 0 heterocycles. The van der Waals surface area contributed by atoms with Crippen LogP contribution in [0.2, 0.25) is 0 Å². The topological polar surface area (TPSA) is 34.1 Å². The molecule has 0 bridgehead atoms. The van der Waals surface area contributed by atoms with Crippen molar-refractivity contribution >= 4 is 9.84 Å². The fraction of sp³-hybridized carbons (Fsp3) is 0. The lowest BCUT2D eigenvalue weighted by molar-refractivity contribution is 0.605. The van der Waals surface area contributed by atoms with Gasteiger partial charge in [-0.05, 0) is 23.3 Å². The zero-order valence-corrected chi connectivity index (χ0v) is 10.0. The van der Waals surface area contributed by atoms with Gasteiger partial charge in [0.1, 0.15) is 0 Å². The van der Waals surface area contributed by atoms with Gasteiger partial charge < -0.3 is 0 Å². The number of hydrogen-bond donors (Lipinski definition) is 0. The average Bonchev–Trinajstić information content (AvgIpc) is 2.40. The third-order valence-electron chi connectivity index (χ3n) is 2.51. The molecule has 3 heteroatoms.